The van der Waals surface area contributed by atoms with Crippen LogP contribution in [0.2, 0.25) is 0 Å². The Hall–Kier alpha value is -2.93. The monoisotopic (exact) mass is 391 g/mol. The Kier molecular flexibility index (Phi) is 6.05. The van der Waals surface area contributed by atoms with Gasteiger partial charge in [0.1, 0.15) is 18.5 Å². The van der Waals surface area contributed by atoms with Gasteiger partial charge in [0.15, 0.2) is 0 Å². The molecule has 0 unspecified atom stereocenters. The highest BCUT2D eigenvalue weighted by molar-refractivity contribution is 5.55. The molecule has 152 valence electrons. The molecule has 0 saturated carbocycles. The van der Waals surface area contributed by atoms with Crippen LogP contribution in [0.15, 0.2) is 55.2 Å². The maximum absolute atomic E-state index is 4.71. The molecule has 7 heteroatoms. The highest BCUT2D eigenvalue weighted by Gasteiger charge is 2.21. The fourth-order valence-electron chi connectivity index (χ4n) is 3.89. The van der Waals surface area contributed by atoms with Crippen LogP contribution >= 0.6 is 0 Å². The Morgan fingerprint density at radius 2 is 1.83 bits per heavy atom. The van der Waals surface area contributed by atoms with E-state index in [4.69, 9.17) is 4.98 Å². The molecular weight excluding hydrogens is 362 g/mol. The molecule has 7 nitrogen and oxygen atoms in total. The minimum absolute atomic E-state index is 0.294. The molecule has 1 aliphatic rings. The van der Waals surface area contributed by atoms with Crippen LogP contribution < -0.4 is 15.1 Å². The number of aromatic nitrogens is 4. The first-order chi connectivity index (χ1) is 14.2. The van der Waals surface area contributed by atoms with Gasteiger partial charge in [-0.1, -0.05) is 24.3 Å². The molecule has 1 atom stereocenters. The second-order valence-corrected chi connectivity index (χ2v) is 7.65. The topological polar surface area (TPSA) is 62.1 Å². The van der Waals surface area contributed by atoms with Crippen molar-refractivity contribution in [3.8, 4) is 0 Å². The van der Waals surface area contributed by atoms with E-state index in [2.05, 4.69) is 69.4 Å². The lowest BCUT2D eigenvalue weighted by atomic mass is 10.1. The first kappa shape index (κ1) is 19.4. The summed E-state index contributed by atoms with van der Waals surface area (Å²) in [6, 6.07) is 13.1. The number of anilines is 2. The first-order valence-corrected chi connectivity index (χ1v) is 10.3. The van der Waals surface area contributed by atoms with Gasteiger partial charge in [-0.15, -0.1) is 0 Å². The number of rotatable bonds is 7. The fraction of sp³-hybridized carbons (Fsp3) is 0.409. The van der Waals surface area contributed by atoms with E-state index in [1.807, 2.05) is 16.9 Å². The largest absolute Gasteiger partial charge is 0.368 e. The van der Waals surface area contributed by atoms with Crippen LogP contribution in [0.25, 0.3) is 0 Å². The van der Waals surface area contributed by atoms with Gasteiger partial charge < -0.3 is 15.1 Å². The van der Waals surface area contributed by atoms with Gasteiger partial charge in [-0.05, 0) is 31.5 Å². The van der Waals surface area contributed by atoms with Crippen LogP contribution in [0.3, 0.4) is 0 Å². The second-order valence-electron chi connectivity index (χ2n) is 7.65. The van der Waals surface area contributed by atoms with Gasteiger partial charge in [-0.3, -0.25) is 4.68 Å². The predicted octanol–water partition coefficient (Wildman–Crippen LogP) is 2.49. The molecule has 1 N–H and O–H groups in total. The van der Waals surface area contributed by atoms with Crippen LogP contribution in [0.4, 0.5) is 11.5 Å². The third-order valence-electron chi connectivity index (χ3n) is 5.47. The van der Waals surface area contributed by atoms with E-state index in [0.29, 0.717) is 6.04 Å². The van der Waals surface area contributed by atoms with Crippen LogP contribution in [0, 0.1) is 6.92 Å². The van der Waals surface area contributed by atoms with E-state index in [1.54, 1.807) is 12.7 Å². The Balaban J connectivity index is 1.36. The van der Waals surface area contributed by atoms with Crippen molar-refractivity contribution in [3.05, 3.63) is 66.4 Å². The van der Waals surface area contributed by atoms with E-state index in [9.17, 15) is 0 Å². The van der Waals surface area contributed by atoms with E-state index in [1.165, 1.54) is 16.8 Å². The molecule has 29 heavy (non-hydrogen) atoms. The summed E-state index contributed by atoms with van der Waals surface area (Å²) in [5, 5.41) is 7.77. The van der Waals surface area contributed by atoms with E-state index in [0.717, 1.165) is 45.1 Å². The zero-order valence-corrected chi connectivity index (χ0v) is 17.2. The van der Waals surface area contributed by atoms with Crippen molar-refractivity contribution >= 4 is 11.5 Å². The first-order valence-electron chi connectivity index (χ1n) is 10.3. The van der Waals surface area contributed by atoms with Crippen molar-refractivity contribution in [2.24, 2.45) is 0 Å². The number of hydrogen-bond donors (Lipinski definition) is 1. The lowest BCUT2D eigenvalue weighted by Gasteiger charge is -2.38. The summed E-state index contributed by atoms with van der Waals surface area (Å²) in [6.45, 7) is 9.92. The third-order valence-corrected chi connectivity index (χ3v) is 5.47. The number of aryl methyl sites for hydroxylation is 1. The van der Waals surface area contributed by atoms with Crippen molar-refractivity contribution in [1.82, 2.24) is 25.1 Å². The van der Waals surface area contributed by atoms with Crippen molar-refractivity contribution in [3.63, 3.8) is 0 Å². The molecule has 1 fully saturated rings. The Bertz CT molecular complexity index is 901. The predicted molar refractivity (Wildman–Crippen MR) is 116 cm³/mol. The molecule has 3 heterocycles. The molecule has 2 aromatic heterocycles. The third kappa shape index (κ3) is 4.74. The SMILES string of the molecule is Cc1ccccc1N1CCN(c2ncccc2CN[C@@H](C)Cn2cncn2)CC1. The molecule has 0 radical (unpaired) electrons. The van der Waals surface area contributed by atoms with Gasteiger partial charge in [0.25, 0.3) is 0 Å². The number of pyridine rings is 1. The molecule has 0 aliphatic carbocycles. The molecule has 1 aromatic carbocycles. The Morgan fingerprint density at radius 3 is 2.59 bits per heavy atom. The van der Waals surface area contributed by atoms with Crippen LogP contribution in [0.1, 0.15) is 18.1 Å². The second kappa shape index (κ2) is 9.05. The lowest BCUT2D eigenvalue weighted by molar-refractivity contribution is 0.449. The zero-order chi connectivity index (χ0) is 20.1. The minimum Gasteiger partial charge on any atom is -0.368 e. The number of para-hydroxylation sites is 1. The summed E-state index contributed by atoms with van der Waals surface area (Å²) >= 11 is 0. The number of piperazine rings is 1. The maximum atomic E-state index is 4.71. The molecule has 4 rings (SSSR count). The van der Waals surface area contributed by atoms with E-state index < -0.39 is 0 Å². The van der Waals surface area contributed by atoms with Crippen LogP contribution in [-0.2, 0) is 13.1 Å². The summed E-state index contributed by atoms with van der Waals surface area (Å²) in [7, 11) is 0. The summed E-state index contributed by atoms with van der Waals surface area (Å²) in [4.78, 5) is 13.6. The van der Waals surface area contributed by atoms with Crippen LogP contribution in [-0.4, -0.2) is 52.0 Å². The van der Waals surface area contributed by atoms with Gasteiger partial charge >= 0.3 is 0 Å². The summed E-state index contributed by atoms with van der Waals surface area (Å²) < 4.78 is 1.85. The Labute approximate surface area is 172 Å². The number of nitrogens with one attached hydrogen (secondary N) is 1. The highest BCUT2D eigenvalue weighted by atomic mass is 15.3. The molecule has 0 bridgehead atoms. The van der Waals surface area contributed by atoms with Crippen molar-refractivity contribution in [2.75, 3.05) is 36.0 Å². The quantitative estimate of drug-likeness (QED) is 0.668. The maximum Gasteiger partial charge on any atom is 0.137 e. The molecule has 0 amide bonds. The number of nitrogens with zero attached hydrogens (tertiary/aromatic N) is 6. The van der Waals surface area contributed by atoms with Crippen molar-refractivity contribution in [2.45, 2.75) is 33.0 Å². The normalized spacial score (nSPS) is 15.5. The smallest absolute Gasteiger partial charge is 0.137 e. The van der Waals surface area contributed by atoms with Gasteiger partial charge in [0, 0.05) is 56.2 Å². The lowest BCUT2D eigenvalue weighted by Crippen LogP contribution is -2.47. The average Bonchev–Trinajstić information content (AvgIpc) is 3.26. The van der Waals surface area contributed by atoms with Gasteiger partial charge in [-0.25, -0.2) is 9.97 Å². The van der Waals surface area contributed by atoms with Gasteiger partial charge in [0.05, 0.1) is 6.54 Å². The molecule has 1 saturated heterocycles. The van der Waals surface area contributed by atoms with Crippen LogP contribution in [0.5, 0.6) is 0 Å². The zero-order valence-electron chi connectivity index (χ0n) is 17.2. The Morgan fingerprint density at radius 1 is 1.03 bits per heavy atom. The molecular formula is C22H29N7. The molecule has 0 spiro atoms. The standard InChI is InChI=1S/C22H29N7/c1-18-6-3-4-8-21(18)27-10-12-28(13-11-27)22-20(7-5-9-24-22)14-25-19(2)15-29-17-23-16-26-29/h3-9,16-17,19,25H,10-15H2,1-2H3/t19-/m0/s1. The van der Waals surface area contributed by atoms with Crippen molar-refractivity contribution in [1.29, 1.82) is 0 Å². The van der Waals surface area contributed by atoms with Gasteiger partial charge in [-0.2, -0.15) is 5.10 Å². The summed E-state index contributed by atoms with van der Waals surface area (Å²) in [5.74, 6) is 1.09. The summed E-state index contributed by atoms with van der Waals surface area (Å²) in [5.41, 5.74) is 3.92. The average molecular weight is 392 g/mol. The number of benzene rings is 1. The molecule has 3 aromatic rings. The van der Waals surface area contributed by atoms with E-state index >= 15 is 0 Å². The highest BCUT2D eigenvalue weighted by Crippen LogP contribution is 2.24. The summed E-state index contributed by atoms with van der Waals surface area (Å²) in [6.07, 6.45) is 5.22. The van der Waals surface area contributed by atoms with E-state index in [-0.39, 0.29) is 0 Å². The number of hydrogen-bond acceptors (Lipinski definition) is 6. The molecule has 1 aliphatic heterocycles. The van der Waals surface area contributed by atoms with Gasteiger partial charge in [0.2, 0.25) is 0 Å². The van der Waals surface area contributed by atoms with Crippen molar-refractivity contribution < 1.29 is 0 Å². The minimum atomic E-state index is 0.294. The fourth-order valence-corrected chi connectivity index (χ4v) is 3.89.